The van der Waals surface area contributed by atoms with Crippen LogP contribution in [0.3, 0.4) is 0 Å². The number of hydrogen-bond donors (Lipinski definition) is 2. The van der Waals surface area contributed by atoms with Gasteiger partial charge in [0, 0.05) is 21.7 Å². The van der Waals surface area contributed by atoms with Gasteiger partial charge in [0.1, 0.15) is 5.75 Å². The first-order valence-electron chi connectivity index (χ1n) is 9.96. The number of carbonyl (C=O) groups excluding carboxylic acids is 1. The predicted molar refractivity (Wildman–Crippen MR) is 130 cm³/mol. The maximum Gasteiger partial charge on any atom is 0.275 e. The fourth-order valence-electron chi connectivity index (χ4n) is 4.49. The molecule has 0 aliphatic carbocycles. The van der Waals surface area contributed by atoms with Crippen LogP contribution in [0.2, 0.25) is 0 Å². The molecule has 0 radical (unpaired) electrons. The van der Waals surface area contributed by atoms with Crippen LogP contribution in [0.5, 0.6) is 5.75 Å². The number of phenols is 1. The van der Waals surface area contributed by atoms with Crippen LogP contribution in [0.4, 0.5) is 5.69 Å². The number of nitrogens with zero attached hydrogens (tertiary/aromatic N) is 2. The molecule has 1 amide bonds. The Balaban J connectivity index is 1.81. The molecule has 0 spiro atoms. The van der Waals surface area contributed by atoms with Crippen LogP contribution in [0.25, 0.3) is 0 Å². The molecule has 0 bridgehead atoms. The van der Waals surface area contributed by atoms with E-state index in [1.807, 2.05) is 6.07 Å². The second-order valence-electron chi connectivity index (χ2n) is 8.68. The Morgan fingerprint density at radius 2 is 2.00 bits per heavy atom. The van der Waals surface area contributed by atoms with Crippen molar-refractivity contribution in [3.63, 3.8) is 0 Å². The largest absolute Gasteiger partial charge is 0.506 e. The van der Waals surface area contributed by atoms with Gasteiger partial charge in [-0.25, -0.2) is 5.43 Å². The van der Waals surface area contributed by atoms with Gasteiger partial charge in [-0.3, -0.25) is 4.79 Å². The molecule has 3 rings (SSSR count). The SMILES string of the molecule is CC1CC(C)(C)N(C(C)C)c2ccc(/C=N/NC(=O)c3cc(Br)cc(Br)c3O)cc21. The van der Waals surface area contributed by atoms with Gasteiger partial charge in [-0.1, -0.05) is 28.9 Å². The molecule has 1 unspecified atom stereocenters. The predicted octanol–water partition coefficient (Wildman–Crippen LogP) is 6.18. The summed E-state index contributed by atoms with van der Waals surface area (Å²) in [6.45, 7) is 11.3. The first-order chi connectivity index (χ1) is 14.0. The average molecular weight is 537 g/mol. The number of hydrogen-bond acceptors (Lipinski definition) is 4. The zero-order valence-electron chi connectivity index (χ0n) is 17.8. The quantitative estimate of drug-likeness (QED) is 0.362. The van der Waals surface area contributed by atoms with Crippen LogP contribution in [0.1, 0.15) is 68.4 Å². The Kier molecular flexibility index (Phi) is 6.63. The van der Waals surface area contributed by atoms with Gasteiger partial charge in [0.05, 0.1) is 16.3 Å². The number of rotatable bonds is 4. The Hall–Kier alpha value is -1.86. The van der Waals surface area contributed by atoms with Crippen molar-refractivity contribution in [3.8, 4) is 5.75 Å². The van der Waals surface area contributed by atoms with Gasteiger partial charge in [0.25, 0.3) is 5.91 Å². The number of aromatic hydroxyl groups is 1. The van der Waals surface area contributed by atoms with Crippen molar-refractivity contribution in [2.24, 2.45) is 5.10 Å². The van der Waals surface area contributed by atoms with E-state index in [4.69, 9.17) is 0 Å². The van der Waals surface area contributed by atoms with E-state index in [1.54, 1.807) is 18.3 Å². The molecule has 2 aromatic rings. The van der Waals surface area contributed by atoms with E-state index in [9.17, 15) is 9.90 Å². The minimum Gasteiger partial charge on any atom is -0.506 e. The minimum absolute atomic E-state index is 0.102. The van der Waals surface area contributed by atoms with Gasteiger partial charge in [0.15, 0.2) is 0 Å². The molecular weight excluding hydrogens is 510 g/mol. The monoisotopic (exact) mass is 535 g/mol. The Morgan fingerprint density at radius 1 is 1.30 bits per heavy atom. The molecule has 0 fully saturated rings. The Bertz CT molecular complexity index is 1000. The van der Waals surface area contributed by atoms with Gasteiger partial charge in [-0.05, 0) is 91.4 Å². The Labute approximate surface area is 194 Å². The maximum absolute atomic E-state index is 12.4. The average Bonchev–Trinajstić information content (AvgIpc) is 2.63. The molecule has 2 aromatic carbocycles. The molecule has 30 heavy (non-hydrogen) atoms. The number of halogens is 2. The highest BCUT2D eigenvalue weighted by molar-refractivity contribution is 9.11. The number of phenolic OH excluding ortho intramolecular Hbond substituents is 1. The smallest absolute Gasteiger partial charge is 0.275 e. The number of benzene rings is 2. The van der Waals surface area contributed by atoms with E-state index in [0.717, 1.165) is 12.0 Å². The van der Waals surface area contributed by atoms with Gasteiger partial charge in [-0.2, -0.15) is 5.10 Å². The highest BCUT2D eigenvalue weighted by Gasteiger charge is 2.37. The van der Waals surface area contributed by atoms with E-state index in [2.05, 4.69) is 94.0 Å². The minimum atomic E-state index is -0.482. The van der Waals surface area contributed by atoms with Crippen molar-refractivity contribution in [2.45, 2.75) is 58.5 Å². The van der Waals surface area contributed by atoms with Crippen molar-refractivity contribution in [2.75, 3.05) is 4.90 Å². The topological polar surface area (TPSA) is 64.9 Å². The molecule has 1 heterocycles. The third-order valence-corrected chi connectivity index (χ3v) is 6.53. The van der Waals surface area contributed by atoms with Crippen molar-refractivity contribution >= 4 is 49.7 Å². The van der Waals surface area contributed by atoms with E-state index in [1.165, 1.54) is 11.3 Å². The second kappa shape index (κ2) is 8.71. The highest BCUT2D eigenvalue weighted by Crippen LogP contribution is 2.44. The van der Waals surface area contributed by atoms with Crippen molar-refractivity contribution in [1.82, 2.24) is 5.43 Å². The molecule has 5 nitrogen and oxygen atoms in total. The summed E-state index contributed by atoms with van der Waals surface area (Å²) in [4.78, 5) is 14.9. The fraction of sp³-hybridized carbons (Fsp3) is 0.391. The van der Waals surface area contributed by atoms with E-state index in [0.29, 0.717) is 20.9 Å². The molecular formula is C23H27Br2N3O2. The lowest BCUT2D eigenvalue weighted by atomic mass is 9.79. The van der Waals surface area contributed by atoms with E-state index < -0.39 is 5.91 Å². The van der Waals surface area contributed by atoms with Crippen LogP contribution in [0, 0.1) is 0 Å². The number of anilines is 1. The molecule has 0 saturated heterocycles. The first kappa shape index (κ1) is 22.8. The normalized spacial score (nSPS) is 18.0. The zero-order valence-corrected chi connectivity index (χ0v) is 21.0. The lowest BCUT2D eigenvalue weighted by Crippen LogP contribution is -2.51. The molecule has 1 atom stereocenters. The van der Waals surface area contributed by atoms with Gasteiger partial charge in [0.2, 0.25) is 0 Å². The fourth-order valence-corrected chi connectivity index (χ4v) is 5.72. The zero-order chi connectivity index (χ0) is 22.2. The molecule has 1 aliphatic heterocycles. The summed E-state index contributed by atoms with van der Waals surface area (Å²) in [5.74, 6) is -0.168. The van der Waals surface area contributed by atoms with Crippen molar-refractivity contribution in [3.05, 3.63) is 56.0 Å². The molecule has 2 N–H and O–H groups in total. The lowest BCUT2D eigenvalue weighted by Gasteiger charge is -2.50. The van der Waals surface area contributed by atoms with Gasteiger partial charge in [-0.15, -0.1) is 0 Å². The first-order valence-corrected chi connectivity index (χ1v) is 11.5. The summed E-state index contributed by atoms with van der Waals surface area (Å²) in [5.41, 5.74) is 6.22. The summed E-state index contributed by atoms with van der Waals surface area (Å²) >= 11 is 6.55. The number of carbonyl (C=O) groups is 1. The highest BCUT2D eigenvalue weighted by atomic mass is 79.9. The van der Waals surface area contributed by atoms with Crippen molar-refractivity contribution in [1.29, 1.82) is 0 Å². The summed E-state index contributed by atoms with van der Waals surface area (Å²) in [6, 6.07) is 9.94. The summed E-state index contributed by atoms with van der Waals surface area (Å²) < 4.78 is 1.12. The summed E-state index contributed by atoms with van der Waals surface area (Å²) in [5, 5.41) is 14.2. The molecule has 0 saturated carbocycles. The van der Waals surface area contributed by atoms with Crippen LogP contribution in [0.15, 0.2) is 44.4 Å². The van der Waals surface area contributed by atoms with Crippen LogP contribution in [-0.4, -0.2) is 28.8 Å². The van der Waals surface area contributed by atoms with Crippen LogP contribution >= 0.6 is 31.9 Å². The summed E-state index contributed by atoms with van der Waals surface area (Å²) in [7, 11) is 0. The standard InChI is InChI=1S/C23H27Br2N3O2/c1-13(2)28-20-7-6-15(8-17(20)14(3)11-23(28,4)5)12-26-27-22(30)18-9-16(24)10-19(25)21(18)29/h6-10,12-14,29H,11H2,1-5H3,(H,27,30)/b26-12+. The van der Waals surface area contributed by atoms with Gasteiger partial charge < -0.3 is 10.0 Å². The number of fused-ring (bicyclic) bond motifs is 1. The molecule has 160 valence electrons. The van der Waals surface area contributed by atoms with Gasteiger partial charge >= 0.3 is 0 Å². The lowest BCUT2D eigenvalue weighted by molar-refractivity contribution is 0.0952. The second-order valence-corrected chi connectivity index (χ2v) is 10.5. The van der Waals surface area contributed by atoms with E-state index in [-0.39, 0.29) is 16.9 Å². The van der Waals surface area contributed by atoms with E-state index >= 15 is 0 Å². The third-order valence-electron chi connectivity index (χ3n) is 5.47. The van der Waals surface area contributed by atoms with Crippen LogP contribution in [-0.2, 0) is 0 Å². The molecule has 0 aromatic heterocycles. The maximum atomic E-state index is 12.4. The number of nitrogens with one attached hydrogen (secondary N) is 1. The molecule has 1 aliphatic rings. The number of amides is 1. The Morgan fingerprint density at radius 3 is 2.67 bits per heavy atom. The van der Waals surface area contributed by atoms with Crippen molar-refractivity contribution < 1.29 is 9.90 Å². The van der Waals surface area contributed by atoms with Crippen LogP contribution < -0.4 is 10.3 Å². The third kappa shape index (κ3) is 4.57. The number of hydrazone groups is 1. The molecule has 7 heteroatoms. The summed E-state index contributed by atoms with van der Waals surface area (Å²) in [6.07, 6.45) is 2.71.